The molecule has 0 unspecified atom stereocenters. The number of rotatable bonds is 5. The third-order valence-corrected chi connectivity index (χ3v) is 2.17. The van der Waals surface area contributed by atoms with Gasteiger partial charge < -0.3 is 15.8 Å². The normalized spacial score (nSPS) is 9.71. The topological polar surface area (TPSA) is 89.3 Å². The summed E-state index contributed by atoms with van der Waals surface area (Å²) in [6.07, 6.45) is 0.285. The number of para-hydroxylation sites is 1. The molecule has 0 saturated carbocycles. The average molecular weight is 234 g/mol. The van der Waals surface area contributed by atoms with Crippen molar-refractivity contribution in [3.8, 4) is 0 Å². The average Bonchev–Trinajstić information content (AvgIpc) is 2.27. The van der Waals surface area contributed by atoms with Crippen LogP contribution >= 0.6 is 0 Å². The lowest BCUT2D eigenvalue weighted by Gasteiger charge is -2.07. The number of benzene rings is 1. The second-order valence-electron chi connectivity index (χ2n) is 3.66. The van der Waals surface area contributed by atoms with E-state index in [1.807, 2.05) is 0 Å². The van der Waals surface area contributed by atoms with Gasteiger partial charge in [-0.2, -0.15) is 0 Å². The van der Waals surface area contributed by atoms with Crippen molar-refractivity contribution in [2.45, 2.75) is 19.8 Å². The van der Waals surface area contributed by atoms with Gasteiger partial charge in [-0.1, -0.05) is 12.1 Å². The summed E-state index contributed by atoms with van der Waals surface area (Å²) in [5, 5.41) is 2.56. The van der Waals surface area contributed by atoms with E-state index in [4.69, 9.17) is 5.73 Å². The molecule has 5 heteroatoms. The summed E-state index contributed by atoms with van der Waals surface area (Å²) < 4.78 is 0. The lowest BCUT2D eigenvalue weighted by atomic mass is 10.1. The van der Waals surface area contributed by atoms with Gasteiger partial charge in [0.25, 0.3) is 5.91 Å². The number of nitrogens with one attached hydrogen (secondary N) is 1. The Morgan fingerprint density at radius 2 is 1.82 bits per heavy atom. The fourth-order valence-electron chi connectivity index (χ4n) is 1.31. The molecule has 0 atom stereocenters. The van der Waals surface area contributed by atoms with Gasteiger partial charge in [-0.3, -0.25) is 9.59 Å². The monoisotopic (exact) mass is 234 g/mol. The molecule has 1 rings (SSSR count). The summed E-state index contributed by atoms with van der Waals surface area (Å²) >= 11 is 0. The molecular formula is C12H14N2O3. The highest BCUT2D eigenvalue weighted by Crippen LogP contribution is 2.14. The molecule has 0 aliphatic carbocycles. The fraction of sp³-hybridized carbons (Fsp3) is 0.250. The Balaban J connectivity index is 2.71. The molecule has 0 heterocycles. The molecule has 90 valence electrons. The lowest BCUT2D eigenvalue weighted by molar-refractivity contribution is -0.121. The summed E-state index contributed by atoms with van der Waals surface area (Å²) in [6.45, 7) is 1.42. The third kappa shape index (κ3) is 4.06. The summed E-state index contributed by atoms with van der Waals surface area (Å²) in [6, 6.07) is 6.47. The maximum absolute atomic E-state index is 11.5. The molecular weight excluding hydrogens is 220 g/mol. The van der Waals surface area contributed by atoms with E-state index in [1.54, 1.807) is 18.2 Å². The van der Waals surface area contributed by atoms with Crippen LogP contribution in [0, 0.1) is 0 Å². The number of carbonyl (C=O) groups excluding carboxylic acids is 3. The van der Waals surface area contributed by atoms with Crippen LogP contribution in [0.15, 0.2) is 24.3 Å². The van der Waals surface area contributed by atoms with E-state index in [1.165, 1.54) is 13.0 Å². The first-order valence-corrected chi connectivity index (χ1v) is 5.19. The molecule has 0 saturated heterocycles. The number of ketones is 1. The first-order valence-electron chi connectivity index (χ1n) is 5.19. The van der Waals surface area contributed by atoms with Gasteiger partial charge in [0.2, 0.25) is 5.91 Å². The zero-order chi connectivity index (χ0) is 12.8. The molecule has 3 N–H and O–H groups in total. The van der Waals surface area contributed by atoms with E-state index in [-0.39, 0.29) is 30.1 Å². The van der Waals surface area contributed by atoms with Crippen molar-refractivity contribution in [2.75, 3.05) is 5.32 Å². The molecule has 0 fully saturated rings. The molecule has 1 aromatic rings. The molecule has 0 radical (unpaired) electrons. The molecule has 5 nitrogen and oxygen atoms in total. The molecule has 1 aromatic carbocycles. The second kappa shape index (κ2) is 5.79. The van der Waals surface area contributed by atoms with Gasteiger partial charge in [-0.25, -0.2) is 0 Å². The van der Waals surface area contributed by atoms with Gasteiger partial charge in [0.15, 0.2) is 0 Å². The summed E-state index contributed by atoms with van der Waals surface area (Å²) in [5.41, 5.74) is 5.79. The van der Waals surface area contributed by atoms with Crippen molar-refractivity contribution in [1.82, 2.24) is 0 Å². The minimum atomic E-state index is -0.604. The van der Waals surface area contributed by atoms with Crippen molar-refractivity contribution in [3.05, 3.63) is 29.8 Å². The Kier molecular flexibility index (Phi) is 4.39. The van der Waals surface area contributed by atoms with E-state index in [9.17, 15) is 14.4 Å². The zero-order valence-electron chi connectivity index (χ0n) is 9.53. The van der Waals surface area contributed by atoms with Crippen molar-refractivity contribution < 1.29 is 14.4 Å². The third-order valence-electron chi connectivity index (χ3n) is 2.17. The maximum Gasteiger partial charge on any atom is 0.250 e. The van der Waals surface area contributed by atoms with E-state index >= 15 is 0 Å². The smallest absolute Gasteiger partial charge is 0.250 e. The number of hydrogen-bond donors (Lipinski definition) is 2. The standard InChI is InChI=1S/C12H14N2O3/c1-8(15)6-7-11(16)14-10-5-3-2-4-9(10)12(13)17/h2-5H,6-7H2,1H3,(H2,13,17)(H,14,16). The van der Waals surface area contributed by atoms with Crippen LogP contribution < -0.4 is 11.1 Å². The van der Waals surface area contributed by atoms with Gasteiger partial charge in [-0.05, 0) is 19.1 Å². The SMILES string of the molecule is CC(=O)CCC(=O)Nc1ccccc1C(N)=O. The Morgan fingerprint density at radius 3 is 2.41 bits per heavy atom. The molecule has 0 aliphatic heterocycles. The van der Waals surface area contributed by atoms with Crippen LogP contribution in [0.2, 0.25) is 0 Å². The summed E-state index contributed by atoms with van der Waals surface area (Å²) in [5.74, 6) is -0.968. The fourth-order valence-corrected chi connectivity index (χ4v) is 1.31. The minimum absolute atomic E-state index is 0.0525. The van der Waals surface area contributed by atoms with Crippen molar-refractivity contribution in [3.63, 3.8) is 0 Å². The van der Waals surface area contributed by atoms with E-state index < -0.39 is 5.91 Å². The molecule has 0 spiro atoms. The Morgan fingerprint density at radius 1 is 1.18 bits per heavy atom. The van der Waals surface area contributed by atoms with Crippen molar-refractivity contribution in [1.29, 1.82) is 0 Å². The van der Waals surface area contributed by atoms with Gasteiger partial charge in [0.1, 0.15) is 5.78 Å². The predicted molar refractivity (Wildman–Crippen MR) is 63.5 cm³/mol. The van der Waals surface area contributed by atoms with Crippen LogP contribution in [0.25, 0.3) is 0 Å². The Bertz CT molecular complexity index is 455. The zero-order valence-corrected chi connectivity index (χ0v) is 9.53. The number of nitrogens with two attached hydrogens (primary N) is 1. The van der Waals surface area contributed by atoms with Crippen molar-refractivity contribution in [2.24, 2.45) is 5.73 Å². The van der Waals surface area contributed by atoms with Gasteiger partial charge in [-0.15, -0.1) is 0 Å². The first-order chi connectivity index (χ1) is 8.00. The van der Waals surface area contributed by atoms with Gasteiger partial charge >= 0.3 is 0 Å². The highest BCUT2D eigenvalue weighted by atomic mass is 16.2. The lowest BCUT2D eigenvalue weighted by Crippen LogP contribution is -2.18. The molecule has 17 heavy (non-hydrogen) atoms. The van der Waals surface area contributed by atoms with Crippen LogP contribution in [-0.2, 0) is 9.59 Å². The van der Waals surface area contributed by atoms with Crippen molar-refractivity contribution >= 4 is 23.3 Å². The number of primary amides is 1. The van der Waals surface area contributed by atoms with Crippen LogP contribution in [0.3, 0.4) is 0 Å². The predicted octanol–water partition coefficient (Wildman–Crippen LogP) is 1.09. The molecule has 0 bridgehead atoms. The number of hydrogen-bond acceptors (Lipinski definition) is 3. The van der Waals surface area contributed by atoms with E-state index in [0.29, 0.717) is 5.69 Å². The molecule has 0 aliphatic rings. The number of carbonyl (C=O) groups is 3. The van der Waals surface area contributed by atoms with Gasteiger partial charge in [0.05, 0.1) is 11.3 Å². The van der Waals surface area contributed by atoms with Gasteiger partial charge in [0, 0.05) is 12.8 Å². The van der Waals surface area contributed by atoms with Crippen LogP contribution in [0.1, 0.15) is 30.1 Å². The van der Waals surface area contributed by atoms with Crippen LogP contribution in [0.5, 0.6) is 0 Å². The highest BCUT2D eigenvalue weighted by Gasteiger charge is 2.10. The highest BCUT2D eigenvalue weighted by molar-refractivity contribution is 6.03. The van der Waals surface area contributed by atoms with E-state index in [0.717, 1.165) is 0 Å². The second-order valence-corrected chi connectivity index (χ2v) is 3.66. The summed E-state index contributed by atoms with van der Waals surface area (Å²) in [4.78, 5) is 33.3. The van der Waals surface area contributed by atoms with E-state index in [2.05, 4.69) is 5.32 Å². The quantitative estimate of drug-likeness (QED) is 0.799. The van der Waals surface area contributed by atoms with Crippen LogP contribution in [-0.4, -0.2) is 17.6 Å². The largest absolute Gasteiger partial charge is 0.366 e. The molecule has 2 amide bonds. The number of amides is 2. The Hall–Kier alpha value is -2.17. The first kappa shape index (κ1) is 12.9. The number of anilines is 1. The molecule has 0 aromatic heterocycles. The maximum atomic E-state index is 11.5. The Labute approximate surface area is 99.0 Å². The summed E-state index contributed by atoms with van der Waals surface area (Å²) in [7, 11) is 0. The minimum Gasteiger partial charge on any atom is -0.366 e. The number of Topliss-reactive ketones (excluding diaryl/α,β-unsaturated/α-hetero) is 1. The van der Waals surface area contributed by atoms with Crippen LogP contribution in [0.4, 0.5) is 5.69 Å².